The molecule has 0 spiro atoms. The fraction of sp³-hybridized carbons (Fsp3) is 0.0714. The summed E-state index contributed by atoms with van der Waals surface area (Å²) in [6, 6.07) is 6.88. The Morgan fingerprint density at radius 3 is 2.85 bits per heavy atom. The molecule has 20 heavy (non-hydrogen) atoms. The number of imidazole rings is 1. The SMILES string of the molecule is Cc1cc(Cl)ccc1-c1nc2nccc(C(=O)O)c2[nH]1. The number of carbonyl (C=O) groups is 1. The zero-order valence-electron chi connectivity index (χ0n) is 10.5. The van der Waals surface area contributed by atoms with Gasteiger partial charge in [0.05, 0.1) is 11.1 Å². The number of aromatic nitrogens is 3. The summed E-state index contributed by atoms with van der Waals surface area (Å²) in [6.07, 6.45) is 1.44. The first-order valence-corrected chi connectivity index (χ1v) is 6.28. The van der Waals surface area contributed by atoms with Gasteiger partial charge in [-0.15, -0.1) is 0 Å². The first-order chi connectivity index (χ1) is 9.56. The molecule has 2 N–H and O–H groups in total. The lowest BCUT2D eigenvalue weighted by Gasteiger charge is -2.02. The number of benzene rings is 1. The van der Waals surface area contributed by atoms with E-state index in [1.807, 2.05) is 19.1 Å². The third-order valence-corrected chi connectivity index (χ3v) is 3.30. The Morgan fingerprint density at radius 1 is 1.35 bits per heavy atom. The standard InChI is InChI=1S/C14H10ClN3O2/c1-7-6-8(15)2-3-9(7)12-17-11-10(14(19)20)4-5-16-13(11)18-12/h2-6H,1H3,(H,19,20)(H,16,17,18). The molecule has 0 radical (unpaired) electrons. The van der Waals surface area contributed by atoms with Crippen LogP contribution in [0, 0.1) is 6.92 Å². The number of fused-ring (bicyclic) bond motifs is 1. The number of carboxylic acids is 1. The summed E-state index contributed by atoms with van der Waals surface area (Å²) < 4.78 is 0. The van der Waals surface area contributed by atoms with Crippen molar-refractivity contribution in [3.63, 3.8) is 0 Å². The van der Waals surface area contributed by atoms with Gasteiger partial charge >= 0.3 is 5.97 Å². The monoisotopic (exact) mass is 287 g/mol. The Labute approximate surface area is 119 Å². The van der Waals surface area contributed by atoms with E-state index in [4.69, 9.17) is 16.7 Å². The lowest BCUT2D eigenvalue weighted by atomic mass is 10.1. The zero-order valence-corrected chi connectivity index (χ0v) is 11.3. The van der Waals surface area contributed by atoms with E-state index in [-0.39, 0.29) is 5.56 Å². The van der Waals surface area contributed by atoms with Crippen molar-refractivity contribution in [1.82, 2.24) is 15.0 Å². The summed E-state index contributed by atoms with van der Waals surface area (Å²) >= 11 is 5.93. The summed E-state index contributed by atoms with van der Waals surface area (Å²) in [5, 5.41) is 9.81. The minimum absolute atomic E-state index is 0.153. The maximum Gasteiger partial charge on any atom is 0.338 e. The number of hydrogen-bond acceptors (Lipinski definition) is 3. The molecule has 6 heteroatoms. The molecule has 0 aliphatic rings. The van der Waals surface area contributed by atoms with E-state index < -0.39 is 5.97 Å². The second kappa shape index (κ2) is 4.61. The van der Waals surface area contributed by atoms with Gasteiger partial charge in [-0.1, -0.05) is 11.6 Å². The van der Waals surface area contributed by atoms with Gasteiger partial charge < -0.3 is 10.1 Å². The molecule has 2 heterocycles. The topological polar surface area (TPSA) is 78.9 Å². The van der Waals surface area contributed by atoms with Gasteiger partial charge in [-0.05, 0) is 36.8 Å². The molecule has 100 valence electrons. The molecule has 0 bridgehead atoms. The van der Waals surface area contributed by atoms with Crippen LogP contribution in [0.5, 0.6) is 0 Å². The number of aromatic carboxylic acids is 1. The van der Waals surface area contributed by atoms with Gasteiger partial charge in [0, 0.05) is 16.8 Å². The van der Waals surface area contributed by atoms with Crippen LogP contribution in [0.3, 0.4) is 0 Å². The summed E-state index contributed by atoms with van der Waals surface area (Å²) in [5.74, 6) is -0.434. The number of H-pyrrole nitrogens is 1. The number of aromatic amines is 1. The summed E-state index contributed by atoms with van der Waals surface area (Å²) in [6.45, 7) is 1.92. The van der Waals surface area contributed by atoms with Gasteiger partial charge in [0.25, 0.3) is 0 Å². The molecule has 3 rings (SSSR count). The Hall–Kier alpha value is -2.40. The van der Waals surface area contributed by atoms with Crippen molar-refractivity contribution in [2.24, 2.45) is 0 Å². The molecule has 2 aromatic heterocycles. The predicted molar refractivity (Wildman–Crippen MR) is 76.0 cm³/mol. The highest BCUT2D eigenvalue weighted by Gasteiger charge is 2.14. The maximum absolute atomic E-state index is 11.2. The third-order valence-electron chi connectivity index (χ3n) is 3.07. The first kappa shape index (κ1) is 12.6. The fourth-order valence-corrected chi connectivity index (χ4v) is 2.34. The number of nitrogens with zero attached hydrogens (tertiary/aromatic N) is 2. The van der Waals surface area contributed by atoms with Crippen molar-refractivity contribution in [2.45, 2.75) is 6.92 Å². The number of halogens is 1. The molecule has 0 saturated carbocycles. The number of hydrogen-bond donors (Lipinski definition) is 2. The normalized spacial score (nSPS) is 10.9. The van der Waals surface area contributed by atoms with Gasteiger partial charge in [-0.3, -0.25) is 0 Å². The van der Waals surface area contributed by atoms with Crippen LogP contribution in [0.2, 0.25) is 5.02 Å². The average molecular weight is 288 g/mol. The van der Waals surface area contributed by atoms with E-state index >= 15 is 0 Å². The number of aryl methyl sites for hydroxylation is 1. The third kappa shape index (κ3) is 2.02. The smallest absolute Gasteiger partial charge is 0.338 e. The van der Waals surface area contributed by atoms with Crippen molar-refractivity contribution in [3.05, 3.63) is 46.6 Å². The molecule has 0 atom stereocenters. The molecule has 0 saturated heterocycles. The number of carboxylic acid groups (broad SMARTS) is 1. The van der Waals surface area contributed by atoms with Crippen molar-refractivity contribution in [3.8, 4) is 11.4 Å². The number of rotatable bonds is 2. The Bertz CT molecular complexity index is 826. The second-order valence-electron chi connectivity index (χ2n) is 4.41. The molecular formula is C14H10ClN3O2. The highest BCUT2D eigenvalue weighted by Crippen LogP contribution is 2.26. The minimum Gasteiger partial charge on any atom is -0.478 e. The van der Waals surface area contributed by atoms with E-state index in [0.717, 1.165) is 11.1 Å². The fourth-order valence-electron chi connectivity index (χ4n) is 2.11. The predicted octanol–water partition coefficient (Wildman–Crippen LogP) is 3.28. The van der Waals surface area contributed by atoms with Crippen molar-refractivity contribution < 1.29 is 9.90 Å². The summed E-state index contributed by atoms with van der Waals surface area (Å²) in [7, 11) is 0. The highest BCUT2D eigenvalue weighted by molar-refractivity contribution is 6.30. The van der Waals surface area contributed by atoms with Crippen molar-refractivity contribution in [1.29, 1.82) is 0 Å². The molecular weight excluding hydrogens is 278 g/mol. The molecule has 0 amide bonds. The lowest BCUT2D eigenvalue weighted by molar-refractivity contribution is 0.0699. The van der Waals surface area contributed by atoms with Crippen LogP contribution in [0.4, 0.5) is 0 Å². The van der Waals surface area contributed by atoms with Crippen molar-refractivity contribution >= 4 is 28.7 Å². The molecule has 1 aromatic carbocycles. The molecule has 3 aromatic rings. The molecule has 5 nitrogen and oxygen atoms in total. The van der Waals surface area contributed by atoms with E-state index in [1.165, 1.54) is 12.3 Å². The van der Waals surface area contributed by atoms with Gasteiger partial charge in [-0.2, -0.15) is 0 Å². The first-order valence-electron chi connectivity index (χ1n) is 5.91. The van der Waals surface area contributed by atoms with Gasteiger partial charge in [0.1, 0.15) is 5.82 Å². The largest absolute Gasteiger partial charge is 0.478 e. The summed E-state index contributed by atoms with van der Waals surface area (Å²) in [5.41, 5.74) is 2.77. The summed E-state index contributed by atoms with van der Waals surface area (Å²) in [4.78, 5) is 22.6. The lowest BCUT2D eigenvalue weighted by Crippen LogP contribution is -1.97. The Morgan fingerprint density at radius 2 is 2.15 bits per heavy atom. The zero-order chi connectivity index (χ0) is 14.3. The second-order valence-corrected chi connectivity index (χ2v) is 4.84. The quantitative estimate of drug-likeness (QED) is 0.758. The van der Waals surface area contributed by atoms with Crippen LogP contribution < -0.4 is 0 Å². The molecule has 0 fully saturated rings. The van der Waals surface area contributed by atoms with Crippen molar-refractivity contribution in [2.75, 3.05) is 0 Å². The van der Waals surface area contributed by atoms with Gasteiger partial charge in [0.2, 0.25) is 0 Å². The van der Waals surface area contributed by atoms with E-state index in [0.29, 0.717) is 22.0 Å². The van der Waals surface area contributed by atoms with Crippen LogP contribution in [-0.4, -0.2) is 26.0 Å². The van der Waals surface area contributed by atoms with Gasteiger partial charge in [0.15, 0.2) is 5.65 Å². The Balaban J connectivity index is 2.23. The van der Waals surface area contributed by atoms with E-state index in [1.54, 1.807) is 6.07 Å². The van der Waals surface area contributed by atoms with E-state index in [9.17, 15) is 4.79 Å². The Kier molecular flexibility index (Phi) is 2.91. The van der Waals surface area contributed by atoms with Crippen LogP contribution in [0.1, 0.15) is 15.9 Å². The average Bonchev–Trinajstić information content (AvgIpc) is 2.81. The number of pyridine rings is 1. The van der Waals surface area contributed by atoms with Gasteiger partial charge in [-0.25, -0.2) is 14.8 Å². The van der Waals surface area contributed by atoms with E-state index in [2.05, 4.69) is 15.0 Å². The highest BCUT2D eigenvalue weighted by atomic mass is 35.5. The van der Waals surface area contributed by atoms with Crippen LogP contribution >= 0.6 is 11.6 Å². The number of nitrogens with one attached hydrogen (secondary N) is 1. The van der Waals surface area contributed by atoms with Crippen LogP contribution in [-0.2, 0) is 0 Å². The minimum atomic E-state index is -1.01. The van der Waals surface area contributed by atoms with Crippen LogP contribution in [0.25, 0.3) is 22.6 Å². The molecule has 0 aliphatic heterocycles. The van der Waals surface area contributed by atoms with Crippen LogP contribution in [0.15, 0.2) is 30.5 Å². The molecule has 0 unspecified atom stereocenters. The maximum atomic E-state index is 11.2. The molecule has 0 aliphatic carbocycles.